The van der Waals surface area contributed by atoms with Crippen molar-refractivity contribution in [1.29, 1.82) is 0 Å². The summed E-state index contributed by atoms with van der Waals surface area (Å²) in [5.41, 5.74) is 0. The lowest BCUT2D eigenvalue weighted by Crippen LogP contribution is -2.52. The SMILES string of the molecule is COCC1CC(OC)C(OS(=O)(=O)O)[C@H](OC)O1. The average Bonchev–Trinajstić information content (AvgIpc) is 2.29. The smallest absolute Gasteiger partial charge is 0.382 e. The molecule has 18 heavy (non-hydrogen) atoms. The normalized spacial score (nSPS) is 33.6. The molecule has 0 aromatic rings. The molecule has 0 radical (unpaired) electrons. The Kier molecular flexibility index (Phi) is 5.92. The lowest BCUT2D eigenvalue weighted by Gasteiger charge is -2.38. The van der Waals surface area contributed by atoms with Gasteiger partial charge in [0.25, 0.3) is 0 Å². The van der Waals surface area contributed by atoms with Crippen molar-refractivity contribution in [2.75, 3.05) is 27.9 Å². The summed E-state index contributed by atoms with van der Waals surface area (Å²) >= 11 is 0. The molecule has 0 aromatic heterocycles. The first-order valence-corrected chi connectivity index (χ1v) is 6.63. The fourth-order valence-electron chi connectivity index (χ4n) is 1.85. The van der Waals surface area contributed by atoms with E-state index in [-0.39, 0.29) is 6.10 Å². The lowest BCUT2D eigenvalue weighted by molar-refractivity contribution is -0.260. The first kappa shape index (κ1) is 15.8. The van der Waals surface area contributed by atoms with Gasteiger partial charge in [0.15, 0.2) is 12.4 Å². The van der Waals surface area contributed by atoms with Gasteiger partial charge in [-0.15, -0.1) is 0 Å². The van der Waals surface area contributed by atoms with Crippen LogP contribution in [0.15, 0.2) is 0 Å². The van der Waals surface area contributed by atoms with E-state index < -0.39 is 28.9 Å². The molecular formula is C9H18O8S. The second-order valence-electron chi connectivity index (χ2n) is 3.82. The van der Waals surface area contributed by atoms with Gasteiger partial charge < -0.3 is 18.9 Å². The van der Waals surface area contributed by atoms with Gasteiger partial charge in [-0.25, -0.2) is 4.18 Å². The minimum atomic E-state index is -4.61. The van der Waals surface area contributed by atoms with Crippen LogP contribution in [0.2, 0.25) is 0 Å². The highest BCUT2D eigenvalue weighted by Gasteiger charge is 2.42. The quantitative estimate of drug-likeness (QED) is 0.658. The van der Waals surface area contributed by atoms with Crippen molar-refractivity contribution in [2.24, 2.45) is 0 Å². The van der Waals surface area contributed by atoms with Gasteiger partial charge in [-0.3, -0.25) is 4.55 Å². The van der Waals surface area contributed by atoms with Crippen molar-refractivity contribution in [3.8, 4) is 0 Å². The summed E-state index contributed by atoms with van der Waals surface area (Å²) in [7, 11) is -0.339. The van der Waals surface area contributed by atoms with E-state index in [2.05, 4.69) is 4.18 Å². The third kappa shape index (κ3) is 4.43. The zero-order chi connectivity index (χ0) is 13.8. The summed E-state index contributed by atoms with van der Waals surface area (Å²) in [6, 6.07) is 0. The summed E-state index contributed by atoms with van der Waals surface area (Å²) in [4.78, 5) is 0. The van der Waals surface area contributed by atoms with Crippen LogP contribution in [0.3, 0.4) is 0 Å². The molecule has 0 saturated carbocycles. The van der Waals surface area contributed by atoms with E-state index in [1.54, 1.807) is 0 Å². The van der Waals surface area contributed by atoms with Crippen LogP contribution < -0.4 is 0 Å². The van der Waals surface area contributed by atoms with Crippen LogP contribution in [-0.4, -0.2) is 65.5 Å². The summed E-state index contributed by atoms with van der Waals surface area (Å²) in [6.07, 6.45) is -2.56. The Balaban J connectivity index is 2.79. The minimum Gasteiger partial charge on any atom is -0.382 e. The van der Waals surface area contributed by atoms with E-state index in [1.165, 1.54) is 21.3 Å². The standard InChI is InChI=1S/C9H18O8S/c1-13-5-6-4-7(14-2)8(9(15-3)16-6)17-18(10,11)12/h6-9H,4-5H2,1-3H3,(H,10,11,12)/t6?,7?,8?,9-/m1/s1. The Morgan fingerprint density at radius 3 is 2.39 bits per heavy atom. The molecule has 3 unspecified atom stereocenters. The molecule has 0 amide bonds. The fourth-order valence-corrected chi connectivity index (χ4v) is 2.35. The van der Waals surface area contributed by atoms with E-state index in [1.807, 2.05) is 0 Å². The number of hydrogen-bond acceptors (Lipinski definition) is 7. The number of rotatable bonds is 6. The zero-order valence-electron chi connectivity index (χ0n) is 10.4. The highest BCUT2D eigenvalue weighted by molar-refractivity contribution is 7.80. The maximum Gasteiger partial charge on any atom is 0.397 e. The third-order valence-corrected chi connectivity index (χ3v) is 3.04. The van der Waals surface area contributed by atoms with Crippen LogP contribution in [0.1, 0.15) is 6.42 Å². The van der Waals surface area contributed by atoms with Crippen LogP contribution >= 0.6 is 0 Å². The second-order valence-corrected chi connectivity index (χ2v) is 4.86. The van der Waals surface area contributed by atoms with Crippen LogP contribution in [0, 0.1) is 0 Å². The molecule has 4 atom stereocenters. The molecule has 1 heterocycles. The van der Waals surface area contributed by atoms with Crippen LogP contribution in [0.4, 0.5) is 0 Å². The summed E-state index contributed by atoms with van der Waals surface area (Å²) in [6.45, 7) is 0.318. The molecule has 1 N–H and O–H groups in total. The van der Waals surface area contributed by atoms with Gasteiger partial charge in [0, 0.05) is 27.8 Å². The molecule has 1 rings (SSSR count). The van der Waals surface area contributed by atoms with Gasteiger partial charge in [0.2, 0.25) is 0 Å². The molecule has 0 aliphatic carbocycles. The Hall–Kier alpha value is -0.290. The lowest BCUT2D eigenvalue weighted by atomic mass is 10.0. The first-order chi connectivity index (χ1) is 8.41. The van der Waals surface area contributed by atoms with E-state index in [4.69, 9.17) is 23.5 Å². The van der Waals surface area contributed by atoms with E-state index >= 15 is 0 Å². The average molecular weight is 286 g/mol. The van der Waals surface area contributed by atoms with E-state index in [0.717, 1.165) is 0 Å². The predicted octanol–water partition coefficient (Wildman–Crippen LogP) is -0.403. The molecule has 1 fully saturated rings. The van der Waals surface area contributed by atoms with Gasteiger partial charge in [-0.2, -0.15) is 8.42 Å². The van der Waals surface area contributed by atoms with Crippen molar-refractivity contribution in [3.05, 3.63) is 0 Å². The van der Waals surface area contributed by atoms with Crippen molar-refractivity contribution in [1.82, 2.24) is 0 Å². The molecule has 1 aliphatic heterocycles. The Morgan fingerprint density at radius 1 is 1.28 bits per heavy atom. The Morgan fingerprint density at radius 2 is 1.94 bits per heavy atom. The van der Waals surface area contributed by atoms with Crippen LogP contribution in [0.5, 0.6) is 0 Å². The molecule has 8 nitrogen and oxygen atoms in total. The summed E-state index contributed by atoms with van der Waals surface area (Å²) in [5.74, 6) is 0. The molecule has 0 aromatic carbocycles. The molecule has 1 saturated heterocycles. The van der Waals surface area contributed by atoms with E-state index in [0.29, 0.717) is 13.0 Å². The van der Waals surface area contributed by atoms with Crippen molar-refractivity contribution in [3.63, 3.8) is 0 Å². The number of ether oxygens (including phenoxy) is 4. The maximum atomic E-state index is 10.8. The second kappa shape index (κ2) is 6.75. The van der Waals surface area contributed by atoms with E-state index in [9.17, 15) is 8.42 Å². The fraction of sp³-hybridized carbons (Fsp3) is 1.00. The highest BCUT2D eigenvalue weighted by atomic mass is 32.3. The number of hydrogen-bond donors (Lipinski definition) is 1. The van der Waals surface area contributed by atoms with Crippen LogP contribution in [-0.2, 0) is 33.5 Å². The monoisotopic (exact) mass is 286 g/mol. The maximum absolute atomic E-state index is 10.8. The molecule has 0 bridgehead atoms. The third-order valence-electron chi connectivity index (χ3n) is 2.58. The molecule has 9 heteroatoms. The topological polar surface area (TPSA) is 101 Å². The van der Waals surface area contributed by atoms with Gasteiger partial charge in [0.1, 0.15) is 0 Å². The Labute approximate surface area is 106 Å². The summed E-state index contributed by atoms with van der Waals surface area (Å²) in [5, 5.41) is 0. The first-order valence-electron chi connectivity index (χ1n) is 5.27. The van der Waals surface area contributed by atoms with Crippen molar-refractivity contribution >= 4 is 10.4 Å². The molecule has 108 valence electrons. The highest BCUT2D eigenvalue weighted by Crippen LogP contribution is 2.26. The summed E-state index contributed by atoms with van der Waals surface area (Å²) < 4.78 is 55.3. The largest absolute Gasteiger partial charge is 0.397 e. The minimum absolute atomic E-state index is 0.300. The van der Waals surface area contributed by atoms with Crippen molar-refractivity contribution in [2.45, 2.75) is 31.0 Å². The Bertz CT molecular complexity index is 328. The van der Waals surface area contributed by atoms with Gasteiger partial charge >= 0.3 is 10.4 Å². The van der Waals surface area contributed by atoms with Gasteiger partial charge in [-0.1, -0.05) is 0 Å². The van der Waals surface area contributed by atoms with Crippen molar-refractivity contribution < 1.29 is 36.1 Å². The molecule has 0 spiro atoms. The molecule has 1 aliphatic rings. The van der Waals surface area contributed by atoms with Gasteiger partial charge in [-0.05, 0) is 0 Å². The molecular weight excluding hydrogens is 268 g/mol. The van der Waals surface area contributed by atoms with Crippen LogP contribution in [0.25, 0.3) is 0 Å². The number of methoxy groups -OCH3 is 3. The van der Waals surface area contributed by atoms with Gasteiger partial charge in [0.05, 0.1) is 18.8 Å². The zero-order valence-corrected chi connectivity index (χ0v) is 11.3. The predicted molar refractivity (Wildman–Crippen MR) is 59.4 cm³/mol.